The molecule has 20 heavy (non-hydrogen) atoms. The number of benzene rings is 1. The zero-order valence-corrected chi connectivity index (χ0v) is 12.2. The molecular weight excluding hydrogens is 320 g/mol. The van der Waals surface area contributed by atoms with Gasteiger partial charge in [0.05, 0.1) is 24.5 Å². The molecule has 0 saturated heterocycles. The summed E-state index contributed by atoms with van der Waals surface area (Å²) in [5, 5.41) is 7.77. The van der Waals surface area contributed by atoms with Crippen molar-refractivity contribution >= 4 is 27.0 Å². The van der Waals surface area contributed by atoms with Gasteiger partial charge in [0.1, 0.15) is 17.1 Å². The van der Waals surface area contributed by atoms with E-state index in [0.29, 0.717) is 0 Å². The van der Waals surface area contributed by atoms with E-state index >= 15 is 0 Å². The molecule has 0 unspecified atom stereocenters. The molecule has 0 spiro atoms. The number of aryl methyl sites for hydroxylation is 1. The minimum atomic E-state index is 0.723. The first-order chi connectivity index (χ1) is 9.83. The molecule has 3 heterocycles. The van der Waals surface area contributed by atoms with Crippen molar-refractivity contribution in [3.63, 3.8) is 0 Å². The molecule has 3 aromatic rings. The third kappa shape index (κ3) is 1.79. The smallest absolute Gasteiger partial charge is 0.146 e. The summed E-state index contributed by atoms with van der Waals surface area (Å²) in [7, 11) is 0. The van der Waals surface area contributed by atoms with E-state index in [1.54, 1.807) is 12.4 Å². The van der Waals surface area contributed by atoms with Gasteiger partial charge in [-0.15, -0.1) is 0 Å². The third-order valence-corrected chi connectivity index (χ3v) is 3.86. The average molecular weight is 331 g/mol. The van der Waals surface area contributed by atoms with Gasteiger partial charge in [-0.3, -0.25) is 0 Å². The monoisotopic (exact) mass is 330 g/mol. The highest BCUT2D eigenvalue weighted by molar-refractivity contribution is 9.10. The fourth-order valence-corrected chi connectivity index (χ4v) is 3.00. The van der Waals surface area contributed by atoms with Gasteiger partial charge < -0.3 is 9.30 Å². The first-order valence-corrected chi connectivity index (χ1v) is 7.22. The van der Waals surface area contributed by atoms with Crippen LogP contribution >= 0.6 is 15.9 Å². The third-order valence-electron chi connectivity index (χ3n) is 3.40. The Morgan fingerprint density at radius 3 is 3.05 bits per heavy atom. The van der Waals surface area contributed by atoms with Crippen LogP contribution in [0.2, 0.25) is 0 Å². The Morgan fingerprint density at radius 1 is 1.25 bits per heavy atom. The quantitative estimate of drug-likeness (QED) is 0.688. The van der Waals surface area contributed by atoms with E-state index < -0.39 is 0 Å². The van der Waals surface area contributed by atoms with Crippen LogP contribution in [0.3, 0.4) is 0 Å². The second kappa shape index (κ2) is 4.56. The molecule has 100 valence electrons. The Hall–Kier alpha value is -1.95. The maximum absolute atomic E-state index is 5.83. The summed E-state index contributed by atoms with van der Waals surface area (Å²) in [6.45, 7) is 1.62. The molecule has 0 bridgehead atoms. The predicted molar refractivity (Wildman–Crippen MR) is 78.6 cm³/mol. The van der Waals surface area contributed by atoms with Crippen molar-refractivity contribution in [2.24, 2.45) is 0 Å². The highest BCUT2D eigenvalue weighted by Crippen LogP contribution is 2.35. The van der Waals surface area contributed by atoms with Crippen molar-refractivity contribution < 1.29 is 4.74 Å². The Bertz CT molecular complexity index is 785. The normalized spacial score (nSPS) is 14.1. The molecule has 4 rings (SSSR count). The average Bonchev–Trinajstić information content (AvgIpc) is 2.68. The second-order valence-electron chi connectivity index (χ2n) is 4.69. The van der Waals surface area contributed by atoms with E-state index in [0.717, 1.165) is 52.2 Å². The topological polar surface area (TPSA) is 52.8 Å². The molecule has 0 aliphatic carbocycles. The fourth-order valence-electron chi connectivity index (χ4n) is 2.57. The van der Waals surface area contributed by atoms with Crippen LogP contribution in [0.15, 0.2) is 35.1 Å². The van der Waals surface area contributed by atoms with E-state index in [4.69, 9.17) is 9.72 Å². The van der Waals surface area contributed by atoms with E-state index in [1.807, 2.05) is 18.2 Å². The van der Waals surface area contributed by atoms with Gasteiger partial charge in [0.25, 0.3) is 0 Å². The Morgan fingerprint density at radius 2 is 2.20 bits per heavy atom. The summed E-state index contributed by atoms with van der Waals surface area (Å²) in [6.07, 6.45) is 4.39. The maximum atomic E-state index is 5.83. The molecule has 6 heteroatoms. The SMILES string of the molecule is Brc1cc2c3c(c1)nc(-c1ccnnc1)n3CCCO2. The van der Waals surface area contributed by atoms with Crippen molar-refractivity contribution in [3.8, 4) is 17.1 Å². The summed E-state index contributed by atoms with van der Waals surface area (Å²) < 4.78 is 9.02. The number of hydrogen-bond acceptors (Lipinski definition) is 4. The van der Waals surface area contributed by atoms with Crippen LogP contribution in [0, 0.1) is 0 Å². The van der Waals surface area contributed by atoms with Crippen molar-refractivity contribution in [3.05, 3.63) is 35.1 Å². The van der Waals surface area contributed by atoms with Crippen LogP contribution in [0.1, 0.15) is 6.42 Å². The van der Waals surface area contributed by atoms with Gasteiger partial charge >= 0.3 is 0 Å². The van der Waals surface area contributed by atoms with Crippen LogP contribution in [-0.4, -0.2) is 26.4 Å². The van der Waals surface area contributed by atoms with E-state index in [2.05, 4.69) is 30.7 Å². The van der Waals surface area contributed by atoms with Crippen LogP contribution in [0.4, 0.5) is 0 Å². The molecule has 1 aliphatic heterocycles. The Balaban J connectivity index is 2.05. The summed E-state index contributed by atoms with van der Waals surface area (Å²) >= 11 is 3.51. The summed E-state index contributed by atoms with van der Waals surface area (Å²) in [5.74, 6) is 1.80. The van der Waals surface area contributed by atoms with Crippen molar-refractivity contribution in [2.45, 2.75) is 13.0 Å². The largest absolute Gasteiger partial charge is 0.491 e. The Kier molecular flexibility index (Phi) is 2.70. The number of halogens is 1. The number of rotatable bonds is 1. The standard InChI is InChI=1S/C14H11BrN4O/c15-10-6-11-13-12(7-10)20-5-1-4-19(13)14(18-11)9-2-3-16-17-8-9/h2-3,6-8H,1,4-5H2. The molecule has 0 radical (unpaired) electrons. The van der Waals surface area contributed by atoms with Gasteiger partial charge in [-0.2, -0.15) is 10.2 Å². The molecule has 5 nitrogen and oxygen atoms in total. The van der Waals surface area contributed by atoms with Gasteiger partial charge in [-0.05, 0) is 24.6 Å². The van der Waals surface area contributed by atoms with Gasteiger partial charge in [-0.25, -0.2) is 4.98 Å². The minimum Gasteiger partial charge on any atom is -0.491 e. The molecular formula is C14H11BrN4O. The lowest BCUT2D eigenvalue weighted by Gasteiger charge is -2.06. The molecule has 0 amide bonds. The second-order valence-corrected chi connectivity index (χ2v) is 5.61. The number of hydrogen-bond donors (Lipinski definition) is 0. The summed E-state index contributed by atoms with van der Waals surface area (Å²) in [6, 6.07) is 5.95. The van der Waals surface area contributed by atoms with Gasteiger partial charge in [0, 0.05) is 16.6 Å². The van der Waals surface area contributed by atoms with Crippen LogP contribution in [0.5, 0.6) is 5.75 Å². The van der Waals surface area contributed by atoms with Gasteiger partial charge in [0.2, 0.25) is 0 Å². The van der Waals surface area contributed by atoms with Crippen LogP contribution in [0.25, 0.3) is 22.4 Å². The predicted octanol–water partition coefficient (Wildman–Crippen LogP) is 3.04. The van der Waals surface area contributed by atoms with E-state index in [9.17, 15) is 0 Å². The molecule has 0 saturated carbocycles. The van der Waals surface area contributed by atoms with Crippen LogP contribution in [-0.2, 0) is 6.54 Å². The highest BCUT2D eigenvalue weighted by Gasteiger charge is 2.19. The number of imidazole rings is 1. The lowest BCUT2D eigenvalue weighted by Crippen LogP contribution is -2.01. The lowest BCUT2D eigenvalue weighted by atomic mass is 10.3. The molecule has 1 aliphatic rings. The zero-order valence-electron chi connectivity index (χ0n) is 10.6. The van der Waals surface area contributed by atoms with E-state index in [1.165, 1.54) is 0 Å². The summed E-state index contributed by atoms with van der Waals surface area (Å²) in [4.78, 5) is 4.74. The van der Waals surface area contributed by atoms with Crippen LogP contribution < -0.4 is 4.74 Å². The number of aromatic nitrogens is 4. The van der Waals surface area contributed by atoms with Crippen molar-refractivity contribution in [1.29, 1.82) is 0 Å². The first kappa shape index (κ1) is 11.8. The molecule has 0 fully saturated rings. The summed E-state index contributed by atoms with van der Waals surface area (Å²) in [5.41, 5.74) is 2.96. The fraction of sp³-hybridized carbons (Fsp3) is 0.214. The molecule has 0 N–H and O–H groups in total. The number of nitrogens with zero attached hydrogens (tertiary/aromatic N) is 4. The molecule has 1 aromatic carbocycles. The van der Waals surface area contributed by atoms with Crippen molar-refractivity contribution in [2.75, 3.05) is 6.61 Å². The molecule has 2 aromatic heterocycles. The lowest BCUT2D eigenvalue weighted by molar-refractivity contribution is 0.315. The first-order valence-electron chi connectivity index (χ1n) is 6.42. The zero-order chi connectivity index (χ0) is 13.5. The minimum absolute atomic E-state index is 0.723. The van der Waals surface area contributed by atoms with Crippen molar-refractivity contribution in [1.82, 2.24) is 19.7 Å². The van der Waals surface area contributed by atoms with Gasteiger partial charge in [0.15, 0.2) is 0 Å². The molecule has 0 atom stereocenters. The van der Waals surface area contributed by atoms with Gasteiger partial charge in [-0.1, -0.05) is 15.9 Å². The Labute approximate surface area is 123 Å². The maximum Gasteiger partial charge on any atom is 0.146 e. The van der Waals surface area contributed by atoms with E-state index in [-0.39, 0.29) is 0 Å². The highest BCUT2D eigenvalue weighted by atomic mass is 79.9. The number of ether oxygens (including phenoxy) is 1.